The molecule has 0 saturated carbocycles. The van der Waals surface area contributed by atoms with Crippen molar-refractivity contribution in [2.45, 2.75) is 45.2 Å². The zero-order valence-corrected chi connectivity index (χ0v) is 14.1. The number of halogens is 1. The number of carbonyl (C=O) groups is 2. The Morgan fingerprint density at radius 1 is 1.38 bits per heavy atom. The quantitative estimate of drug-likeness (QED) is 0.555. The lowest BCUT2D eigenvalue weighted by atomic mass is 10.1. The van der Waals surface area contributed by atoms with E-state index in [0.29, 0.717) is 26.1 Å². The molecule has 1 aromatic carbocycles. The summed E-state index contributed by atoms with van der Waals surface area (Å²) in [6.45, 7) is 4.01. The Morgan fingerprint density at radius 2 is 2.12 bits per heavy atom. The molecule has 1 N–H and O–H groups in total. The Hall–Kier alpha value is -1.95. The Morgan fingerprint density at radius 3 is 2.83 bits per heavy atom. The molecule has 0 radical (unpaired) electrons. The summed E-state index contributed by atoms with van der Waals surface area (Å²) < 4.78 is 17.8. The maximum Gasteiger partial charge on any atom is 0.307 e. The fourth-order valence-electron chi connectivity index (χ4n) is 2.95. The molecule has 1 amide bonds. The number of hydrogen-bond acceptors (Lipinski definition) is 4. The van der Waals surface area contributed by atoms with Gasteiger partial charge in [0.15, 0.2) is 0 Å². The number of nitrogens with zero attached hydrogens (tertiary/aromatic N) is 1. The van der Waals surface area contributed by atoms with Crippen LogP contribution in [0.2, 0.25) is 0 Å². The Kier molecular flexibility index (Phi) is 7.18. The van der Waals surface area contributed by atoms with Crippen molar-refractivity contribution in [3.63, 3.8) is 0 Å². The number of rotatable bonds is 9. The van der Waals surface area contributed by atoms with Gasteiger partial charge in [-0.25, -0.2) is 4.39 Å². The fourth-order valence-corrected chi connectivity index (χ4v) is 2.95. The van der Waals surface area contributed by atoms with E-state index in [0.717, 1.165) is 24.9 Å². The number of ether oxygens (including phenoxy) is 1. The van der Waals surface area contributed by atoms with Gasteiger partial charge in [-0.15, -0.1) is 0 Å². The first-order valence-electron chi connectivity index (χ1n) is 8.50. The van der Waals surface area contributed by atoms with Gasteiger partial charge < -0.3 is 15.0 Å². The van der Waals surface area contributed by atoms with E-state index in [2.05, 4.69) is 5.32 Å². The normalized spacial score (nSPS) is 17.3. The second-order valence-electron chi connectivity index (χ2n) is 5.93. The van der Waals surface area contributed by atoms with Gasteiger partial charge in [0.25, 0.3) is 0 Å². The average Bonchev–Trinajstić information content (AvgIpc) is 2.92. The van der Waals surface area contributed by atoms with Crippen LogP contribution in [0.5, 0.6) is 0 Å². The number of amides is 1. The number of nitrogens with one attached hydrogen (secondary N) is 1. The third-order valence-electron chi connectivity index (χ3n) is 4.21. The summed E-state index contributed by atoms with van der Waals surface area (Å²) in [5, 5.41) is 3.32. The van der Waals surface area contributed by atoms with Gasteiger partial charge in [0, 0.05) is 25.6 Å². The molecular formula is C18H25FN2O3. The minimum atomic E-state index is -0.259. The van der Waals surface area contributed by atoms with Crippen LogP contribution in [0.15, 0.2) is 24.3 Å². The van der Waals surface area contributed by atoms with E-state index in [1.165, 1.54) is 12.1 Å². The van der Waals surface area contributed by atoms with E-state index in [-0.39, 0.29) is 30.2 Å². The van der Waals surface area contributed by atoms with Crippen LogP contribution < -0.4 is 5.32 Å². The molecular weight excluding hydrogens is 311 g/mol. The smallest absolute Gasteiger partial charge is 0.307 e. The molecule has 1 aliphatic heterocycles. The van der Waals surface area contributed by atoms with E-state index in [4.69, 9.17) is 4.74 Å². The molecule has 1 aliphatic rings. The lowest BCUT2D eigenvalue weighted by Crippen LogP contribution is -2.36. The molecule has 1 aromatic rings. The second-order valence-corrected chi connectivity index (χ2v) is 5.93. The summed E-state index contributed by atoms with van der Waals surface area (Å²) in [6.07, 6.45) is 2.47. The van der Waals surface area contributed by atoms with E-state index < -0.39 is 0 Å². The molecule has 5 nitrogen and oxygen atoms in total. The van der Waals surface area contributed by atoms with Crippen molar-refractivity contribution < 1.29 is 18.7 Å². The maximum absolute atomic E-state index is 12.8. The summed E-state index contributed by atoms with van der Waals surface area (Å²) in [4.78, 5) is 25.2. The zero-order chi connectivity index (χ0) is 17.4. The molecule has 2 rings (SSSR count). The summed E-state index contributed by atoms with van der Waals surface area (Å²) in [6, 6.07) is 6.58. The lowest BCUT2D eigenvalue weighted by Gasteiger charge is -2.24. The molecule has 6 heteroatoms. The Balaban J connectivity index is 1.71. The van der Waals surface area contributed by atoms with Crippen LogP contribution >= 0.6 is 0 Å². The molecule has 1 saturated heterocycles. The first kappa shape index (κ1) is 18.4. The number of benzene rings is 1. The zero-order valence-electron chi connectivity index (χ0n) is 14.1. The van der Waals surface area contributed by atoms with Gasteiger partial charge in [-0.2, -0.15) is 0 Å². The van der Waals surface area contributed by atoms with Gasteiger partial charge in [-0.3, -0.25) is 9.59 Å². The van der Waals surface area contributed by atoms with Crippen LogP contribution in [-0.2, 0) is 20.9 Å². The molecule has 1 heterocycles. The highest BCUT2D eigenvalue weighted by molar-refractivity contribution is 5.79. The predicted molar refractivity (Wildman–Crippen MR) is 88.7 cm³/mol. The molecule has 1 fully saturated rings. The molecule has 0 aromatic heterocycles. The van der Waals surface area contributed by atoms with Gasteiger partial charge in [-0.1, -0.05) is 12.1 Å². The molecule has 132 valence electrons. The van der Waals surface area contributed by atoms with Crippen molar-refractivity contribution in [2.24, 2.45) is 0 Å². The Bertz CT molecular complexity index is 548. The van der Waals surface area contributed by atoms with Crippen LogP contribution in [0.1, 0.15) is 38.2 Å². The fraction of sp³-hybridized carbons (Fsp3) is 0.556. The molecule has 0 unspecified atom stereocenters. The van der Waals surface area contributed by atoms with Crippen molar-refractivity contribution >= 4 is 11.9 Å². The molecule has 0 aliphatic carbocycles. The van der Waals surface area contributed by atoms with E-state index in [9.17, 15) is 14.0 Å². The van der Waals surface area contributed by atoms with Gasteiger partial charge in [0.05, 0.1) is 13.0 Å². The van der Waals surface area contributed by atoms with E-state index in [1.54, 1.807) is 24.0 Å². The van der Waals surface area contributed by atoms with Crippen molar-refractivity contribution in [1.29, 1.82) is 0 Å². The van der Waals surface area contributed by atoms with E-state index in [1.807, 2.05) is 0 Å². The molecule has 0 bridgehead atoms. The highest BCUT2D eigenvalue weighted by atomic mass is 19.1. The van der Waals surface area contributed by atoms with Crippen molar-refractivity contribution in [1.82, 2.24) is 10.2 Å². The third kappa shape index (κ3) is 5.60. The van der Waals surface area contributed by atoms with Crippen LogP contribution in [0.4, 0.5) is 4.39 Å². The van der Waals surface area contributed by atoms with Crippen LogP contribution in [-0.4, -0.2) is 42.5 Å². The average molecular weight is 336 g/mol. The maximum atomic E-state index is 12.8. The lowest BCUT2D eigenvalue weighted by molar-refractivity contribution is -0.144. The summed E-state index contributed by atoms with van der Waals surface area (Å²) in [7, 11) is 0. The topological polar surface area (TPSA) is 58.6 Å². The van der Waals surface area contributed by atoms with Gasteiger partial charge in [-0.05, 0) is 44.0 Å². The third-order valence-corrected chi connectivity index (χ3v) is 4.21. The Labute approximate surface area is 142 Å². The van der Waals surface area contributed by atoms with Gasteiger partial charge in [0.2, 0.25) is 5.91 Å². The minimum Gasteiger partial charge on any atom is -0.466 e. The first-order valence-corrected chi connectivity index (χ1v) is 8.50. The largest absolute Gasteiger partial charge is 0.466 e. The second kappa shape index (κ2) is 9.37. The van der Waals surface area contributed by atoms with Crippen molar-refractivity contribution in [2.75, 3.05) is 19.7 Å². The number of esters is 1. The summed E-state index contributed by atoms with van der Waals surface area (Å²) in [5.74, 6) is -0.381. The minimum absolute atomic E-state index is 0.114. The molecule has 0 spiro atoms. The van der Waals surface area contributed by atoms with Gasteiger partial charge in [0.1, 0.15) is 5.82 Å². The number of likely N-dealkylation sites (tertiary alicyclic amines) is 1. The SMILES string of the molecule is CCOC(=O)CCN1C(=O)CC[C@@H]1CCNCc1ccc(F)cc1. The monoisotopic (exact) mass is 336 g/mol. The number of hydrogen-bond donors (Lipinski definition) is 1. The highest BCUT2D eigenvalue weighted by Gasteiger charge is 2.30. The highest BCUT2D eigenvalue weighted by Crippen LogP contribution is 2.21. The molecule has 1 atom stereocenters. The number of carbonyl (C=O) groups excluding carboxylic acids is 2. The first-order chi connectivity index (χ1) is 11.6. The van der Waals surface area contributed by atoms with E-state index >= 15 is 0 Å². The van der Waals surface area contributed by atoms with Crippen LogP contribution in [0, 0.1) is 5.82 Å². The summed E-state index contributed by atoms with van der Waals surface area (Å²) in [5.41, 5.74) is 1.03. The van der Waals surface area contributed by atoms with Crippen molar-refractivity contribution in [3.8, 4) is 0 Å². The standard InChI is InChI=1S/C18H25FN2O3/c1-2-24-18(23)10-12-21-16(7-8-17(21)22)9-11-20-13-14-3-5-15(19)6-4-14/h3-6,16,20H,2,7-13H2,1H3/t16-/m1/s1. The predicted octanol–water partition coefficient (Wildman–Crippen LogP) is 2.25. The molecule has 24 heavy (non-hydrogen) atoms. The van der Waals surface area contributed by atoms with Crippen LogP contribution in [0.3, 0.4) is 0 Å². The van der Waals surface area contributed by atoms with Gasteiger partial charge >= 0.3 is 5.97 Å². The summed E-state index contributed by atoms with van der Waals surface area (Å²) >= 11 is 0. The van der Waals surface area contributed by atoms with Crippen LogP contribution in [0.25, 0.3) is 0 Å². The van der Waals surface area contributed by atoms with Crippen molar-refractivity contribution in [3.05, 3.63) is 35.6 Å².